The van der Waals surface area contributed by atoms with Crippen LogP contribution in [0.5, 0.6) is 0 Å². The second-order valence-electron chi connectivity index (χ2n) is 5.41. The van der Waals surface area contributed by atoms with Crippen LogP contribution in [0.4, 0.5) is 0 Å². The largest absolute Gasteiger partial charge is 0.343 e. The minimum atomic E-state index is -0.00689. The highest BCUT2D eigenvalue weighted by Gasteiger charge is 2.30. The number of benzene rings is 1. The summed E-state index contributed by atoms with van der Waals surface area (Å²) in [6, 6.07) is 7.38. The van der Waals surface area contributed by atoms with Gasteiger partial charge in [-0.2, -0.15) is 5.26 Å². The average molecular weight is 357 g/mol. The van der Waals surface area contributed by atoms with Crippen molar-refractivity contribution in [1.29, 1.82) is 5.26 Å². The van der Waals surface area contributed by atoms with Gasteiger partial charge < -0.3 is 5.32 Å². The molecule has 1 aromatic carbocycles. The minimum Gasteiger partial charge on any atom is -0.343 e. The lowest BCUT2D eigenvalue weighted by atomic mass is 9.80. The van der Waals surface area contributed by atoms with E-state index in [2.05, 4.69) is 5.32 Å². The Morgan fingerprint density at radius 2 is 2.14 bits per heavy atom. The van der Waals surface area contributed by atoms with E-state index in [1.807, 2.05) is 12.1 Å². The Kier molecular flexibility index (Phi) is 6.88. The summed E-state index contributed by atoms with van der Waals surface area (Å²) >= 11 is 13.8. The molecule has 6 heteroatoms. The fraction of sp³-hybridized carbons (Fsp3) is 0.500. The lowest BCUT2D eigenvalue weighted by molar-refractivity contribution is -0.127. The molecule has 1 aromatic rings. The van der Waals surface area contributed by atoms with E-state index in [0.29, 0.717) is 16.0 Å². The van der Waals surface area contributed by atoms with E-state index in [1.54, 1.807) is 23.9 Å². The number of nitrogens with zero attached hydrogens (tertiary/aromatic N) is 1. The molecule has 1 amide bonds. The molecule has 0 saturated heterocycles. The number of carbonyl (C=O) groups is 1. The summed E-state index contributed by atoms with van der Waals surface area (Å²) < 4.78 is 0. The van der Waals surface area contributed by atoms with Gasteiger partial charge in [-0.3, -0.25) is 4.79 Å². The number of hydrogen-bond donors (Lipinski definition) is 1. The lowest BCUT2D eigenvalue weighted by Crippen LogP contribution is -2.37. The Balaban J connectivity index is 1.98. The quantitative estimate of drug-likeness (QED) is 0.622. The molecule has 0 radical (unpaired) electrons. The van der Waals surface area contributed by atoms with Gasteiger partial charge in [-0.25, -0.2) is 0 Å². The van der Waals surface area contributed by atoms with Gasteiger partial charge >= 0.3 is 0 Å². The van der Waals surface area contributed by atoms with Gasteiger partial charge in [0.1, 0.15) is 6.54 Å². The summed E-state index contributed by atoms with van der Waals surface area (Å²) in [5.41, 5.74) is 0. The number of hydrogen-bond acceptors (Lipinski definition) is 3. The van der Waals surface area contributed by atoms with E-state index in [-0.39, 0.29) is 18.4 Å². The first-order valence-electron chi connectivity index (χ1n) is 7.34. The van der Waals surface area contributed by atoms with Gasteiger partial charge in [0.05, 0.1) is 11.1 Å². The Bertz CT molecular complexity index is 574. The van der Waals surface area contributed by atoms with Gasteiger partial charge in [0.2, 0.25) is 5.91 Å². The third-order valence-electron chi connectivity index (χ3n) is 3.93. The van der Waals surface area contributed by atoms with Crippen LogP contribution < -0.4 is 5.32 Å². The third kappa shape index (κ3) is 4.81. The summed E-state index contributed by atoms with van der Waals surface area (Å²) in [7, 11) is 0. The fourth-order valence-corrected chi connectivity index (χ4v) is 4.52. The molecule has 1 aliphatic rings. The standard InChI is InChI=1S/C16H18Cl2N2OS/c17-12-5-6-14(18)15(9-12)22-10-11-3-1-2-4-13(11)16(21)20-8-7-19/h5-6,9,11,13H,1-4,8,10H2,(H,20,21)/t11-,13+/m0/s1. The number of carbonyl (C=O) groups excluding carboxylic acids is 1. The van der Waals surface area contributed by atoms with Crippen LogP contribution in [0.15, 0.2) is 23.1 Å². The first-order chi connectivity index (χ1) is 10.6. The third-order valence-corrected chi connectivity index (χ3v) is 5.85. The summed E-state index contributed by atoms with van der Waals surface area (Å²) in [4.78, 5) is 13.1. The van der Waals surface area contributed by atoms with E-state index in [4.69, 9.17) is 28.5 Å². The number of halogens is 2. The zero-order valence-corrected chi connectivity index (χ0v) is 14.5. The number of amides is 1. The van der Waals surface area contributed by atoms with Gasteiger partial charge in [-0.1, -0.05) is 36.0 Å². The van der Waals surface area contributed by atoms with Crippen LogP contribution in [0.2, 0.25) is 10.0 Å². The van der Waals surface area contributed by atoms with E-state index in [9.17, 15) is 4.79 Å². The maximum Gasteiger partial charge on any atom is 0.224 e. The van der Waals surface area contributed by atoms with Crippen LogP contribution in [0.25, 0.3) is 0 Å². The minimum absolute atomic E-state index is 0.00374. The molecule has 0 aliphatic heterocycles. The zero-order chi connectivity index (χ0) is 15.9. The highest BCUT2D eigenvalue weighted by molar-refractivity contribution is 7.99. The van der Waals surface area contributed by atoms with E-state index >= 15 is 0 Å². The van der Waals surface area contributed by atoms with Crippen LogP contribution in [0, 0.1) is 23.2 Å². The first-order valence-corrected chi connectivity index (χ1v) is 9.08. The van der Waals surface area contributed by atoms with Crippen molar-refractivity contribution in [2.24, 2.45) is 11.8 Å². The maximum atomic E-state index is 12.2. The van der Waals surface area contributed by atoms with Crippen molar-refractivity contribution in [3.63, 3.8) is 0 Å². The van der Waals surface area contributed by atoms with Crippen LogP contribution >= 0.6 is 35.0 Å². The van der Waals surface area contributed by atoms with Gasteiger partial charge in [0.15, 0.2) is 0 Å². The Labute approximate surface area is 145 Å². The number of thioether (sulfide) groups is 1. The molecule has 0 spiro atoms. The molecule has 2 rings (SSSR count). The molecular weight excluding hydrogens is 339 g/mol. The molecule has 1 saturated carbocycles. The van der Waals surface area contributed by atoms with Crippen LogP contribution in [-0.4, -0.2) is 18.2 Å². The van der Waals surface area contributed by atoms with Crippen molar-refractivity contribution >= 4 is 40.9 Å². The molecule has 3 nitrogen and oxygen atoms in total. The van der Waals surface area contributed by atoms with Crippen LogP contribution in [-0.2, 0) is 4.79 Å². The fourth-order valence-electron chi connectivity index (χ4n) is 2.79. The van der Waals surface area contributed by atoms with Gasteiger partial charge in [0, 0.05) is 21.6 Å². The molecule has 0 heterocycles. The normalized spacial score (nSPS) is 21.1. The van der Waals surface area contributed by atoms with Crippen molar-refractivity contribution in [2.75, 3.05) is 12.3 Å². The van der Waals surface area contributed by atoms with Gasteiger partial charge in [-0.05, 0) is 37.0 Å². The summed E-state index contributed by atoms with van der Waals surface area (Å²) in [5.74, 6) is 1.15. The molecule has 0 bridgehead atoms. The molecule has 0 unspecified atom stereocenters. The molecule has 1 N–H and O–H groups in total. The van der Waals surface area contributed by atoms with Crippen molar-refractivity contribution in [2.45, 2.75) is 30.6 Å². The molecule has 22 heavy (non-hydrogen) atoms. The van der Waals surface area contributed by atoms with Crippen molar-refractivity contribution in [3.8, 4) is 6.07 Å². The highest BCUT2D eigenvalue weighted by Crippen LogP contribution is 2.37. The molecule has 1 fully saturated rings. The maximum absolute atomic E-state index is 12.2. The van der Waals surface area contributed by atoms with Crippen LogP contribution in [0.1, 0.15) is 25.7 Å². The van der Waals surface area contributed by atoms with Gasteiger partial charge in [0.25, 0.3) is 0 Å². The molecule has 0 aromatic heterocycles. The molecule has 2 atom stereocenters. The first kappa shape index (κ1) is 17.5. The number of nitriles is 1. The molecule has 118 valence electrons. The Morgan fingerprint density at radius 3 is 2.91 bits per heavy atom. The van der Waals surface area contributed by atoms with Crippen LogP contribution in [0.3, 0.4) is 0 Å². The van der Waals surface area contributed by atoms with E-state index in [0.717, 1.165) is 36.3 Å². The topological polar surface area (TPSA) is 52.9 Å². The van der Waals surface area contributed by atoms with Crippen molar-refractivity contribution < 1.29 is 4.79 Å². The monoisotopic (exact) mass is 356 g/mol. The van der Waals surface area contributed by atoms with E-state index in [1.165, 1.54) is 0 Å². The summed E-state index contributed by atoms with van der Waals surface area (Å²) in [5, 5.41) is 12.6. The zero-order valence-electron chi connectivity index (χ0n) is 12.1. The average Bonchev–Trinajstić information content (AvgIpc) is 2.53. The highest BCUT2D eigenvalue weighted by atomic mass is 35.5. The predicted molar refractivity (Wildman–Crippen MR) is 91.3 cm³/mol. The summed E-state index contributed by atoms with van der Waals surface area (Å²) in [6.07, 6.45) is 4.15. The smallest absolute Gasteiger partial charge is 0.224 e. The molecule has 1 aliphatic carbocycles. The predicted octanol–water partition coefficient (Wildman–Crippen LogP) is 4.53. The molecular formula is C16H18Cl2N2OS. The number of nitrogens with one attached hydrogen (secondary N) is 1. The van der Waals surface area contributed by atoms with Crippen molar-refractivity contribution in [1.82, 2.24) is 5.32 Å². The second-order valence-corrected chi connectivity index (χ2v) is 7.32. The summed E-state index contributed by atoms with van der Waals surface area (Å²) in [6.45, 7) is 0.0787. The van der Waals surface area contributed by atoms with Gasteiger partial charge in [-0.15, -0.1) is 11.8 Å². The second kappa shape index (κ2) is 8.67. The van der Waals surface area contributed by atoms with E-state index < -0.39 is 0 Å². The Morgan fingerprint density at radius 1 is 1.36 bits per heavy atom. The Hall–Kier alpha value is -0.890. The SMILES string of the molecule is N#CCNC(=O)[C@@H]1CCCC[C@H]1CSc1cc(Cl)ccc1Cl. The lowest BCUT2D eigenvalue weighted by Gasteiger charge is -2.30. The number of rotatable bonds is 5. The van der Waals surface area contributed by atoms with Crippen molar-refractivity contribution in [3.05, 3.63) is 28.2 Å².